The lowest BCUT2D eigenvalue weighted by molar-refractivity contribution is -0.131. The van der Waals surface area contributed by atoms with Gasteiger partial charge in [0.2, 0.25) is 0 Å². The lowest BCUT2D eigenvalue weighted by Crippen LogP contribution is -2.16. The maximum absolute atomic E-state index is 9.78. The Morgan fingerprint density at radius 3 is 2.67 bits per heavy atom. The second-order valence-corrected chi connectivity index (χ2v) is 1.50. The first-order valence-corrected chi connectivity index (χ1v) is 2.46. The van der Waals surface area contributed by atoms with Gasteiger partial charge >= 0.3 is 5.97 Å². The van der Waals surface area contributed by atoms with Gasteiger partial charge in [0.05, 0.1) is 6.10 Å². The molecule has 0 aromatic carbocycles. The molecular formula is C5H9NO3. The van der Waals surface area contributed by atoms with E-state index in [1.54, 1.807) is 0 Å². The smallest absolute Gasteiger partial charge is 0.328 e. The number of carboxylic acids is 1. The molecule has 0 rings (SSSR count). The molecule has 0 saturated carbocycles. The minimum Gasteiger partial charge on any atom is -0.478 e. The predicted molar refractivity (Wildman–Crippen MR) is 31.8 cm³/mol. The molecule has 0 amide bonds. The summed E-state index contributed by atoms with van der Waals surface area (Å²) in [5.41, 5.74) is 4.96. The monoisotopic (exact) mass is 131 g/mol. The number of hydrogen-bond acceptors (Lipinski definition) is 3. The highest BCUT2D eigenvalue weighted by Gasteiger charge is 1.93. The quantitative estimate of drug-likeness (QED) is 0.426. The number of hydrogen-bond donors (Lipinski definition) is 3. The lowest BCUT2D eigenvalue weighted by atomic mass is 10.3. The Morgan fingerprint density at radius 1 is 1.78 bits per heavy atom. The van der Waals surface area contributed by atoms with Gasteiger partial charge in [-0.3, -0.25) is 0 Å². The summed E-state index contributed by atoms with van der Waals surface area (Å²) >= 11 is 0. The fourth-order valence-electron chi connectivity index (χ4n) is 0.272. The third-order valence-corrected chi connectivity index (χ3v) is 0.702. The minimum atomic E-state index is -1.08. The average Bonchev–Trinajstić information content (AvgIpc) is 1.83. The highest BCUT2D eigenvalue weighted by Crippen LogP contribution is 1.80. The summed E-state index contributed by atoms with van der Waals surface area (Å²) in [5, 5.41) is 16.7. The molecule has 0 heterocycles. The summed E-state index contributed by atoms with van der Waals surface area (Å²) < 4.78 is 0. The van der Waals surface area contributed by atoms with Crippen LogP contribution in [0.15, 0.2) is 12.2 Å². The Hall–Kier alpha value is -0.870. The molecule has 0 spiro atoms. The molecule has 1 atom stereocenters. The van der Waals surface area contributed by atoms with Crippen molar-refractivity contribution < 1.29 is 15.0 Å². The summed E-state index contributed by atoms with van der Waals surface area (Å²) in [6.07, 6.45) is 1.14. The number of carbonyl (C=O) groups is 1. The van der Waals surface area contributed by atoms with Crippen molar-refractivity contribution in [2.45, 2.75) is 6.10 Å². The Bertz CT molecular complexity index is 121. The van der Waals surface area contributed by atoms with Crippen molar-refractivity contribution in [3.8, 4) is 0 Å². The van der Waals surface area contributed by atoms with Crippen molar-refractivity contribution in [2.24, 2.45) is 5.73 Å². The van der Waals surface area contributed by atoms with Crippen LogP contribution in [-0.4, -0.2) is 28.8 Å². The maximum atomic E-state index is 9.78. The van der Waals surface area contributed by atoms with Gasteiger partial charge in [0.25, 0.3) is 0 Å². The average molecular weight is 131 g/mol. The molecule has 0 aromatic heterocycles. The van der Waals surface area contributed by atoms with Gasteiger partial charge < -0.3 is 15.9 Å². The number of aliphatic hydroxyl groups is 1. The molecule has 0 bridgehead atoms. The van der Waals surface area contributed by atoms with Crippen LogP contribution in [0.1, 0.15) is 0 Å². The third kappa shape index (κ3) is 4.99. The van der Waals surface area contributed by atoms with Crippen molar-refractivity contribution in [2.75, 3.05) is 6.54 Å². The largest absolute Gasteiger partial charge is 0.478 e. The first-order valence-electron chi connectivity index (χ1n) is 2.46. The van der Waals surface area contributed by atoms with Crippen LogP contribution in [0.2, 0.25) is 0 Å². The molecule has 4 nitrogen and oxygen atoms in total. The zero-order valence-electron chi connectivity index (χ0n) is 4.82. The molecule has 0 fully saturated rings. The third-order valence-electron chi connectivity index (χ3n) is 0.702. The fourth-order valence-corrected chi connectivity index (χ4v) is 0.272. The molecule has 4 N–H and O–H groups in total. The van der Waals surface area contributed by atoms with E-state index in [0.717, 1.165) is 12.2 Å². The second kappa shape index (κ2) is 4.05. The molecule has 9 heavy (non-hydrogen) atoms. The van der Waals surface area contributed by atoms with E-state index in [1.807, 2.05) is 0 Å². The van der Waals surface area contributed by atoms with Crippen LogP contribution in [-0.2, 0) is 4.79 Å². The molecule has 0 aliphatic heterocycles. The molecule has 0 aromatic rings. The standard InChI is InChI=1S/C5H9NO3/c6-3-4(7)1-2-5(8)9/h1-2,4,7H,3,6H2,(H,8,9). The van der Waals surface area contributed by atoms with Crippen molar-refractivity contribution in [3.63, 3.8) is 0 Å². The Balaban J connectivity index is 3.56. The number of nitrogens with two attached hydrogens (primary N) is 1. The summed E-state index contributed by atoms with van der Waals surface area (Å²) in [4.78, 5) is 9.78. The van der Waals surface area contributed by atoms with Gasteiger partial charge in [-0.25, -0.2) is 4.79 Å². The van der Waals surface area contributed by atoms with Gasteiger partial charge in [-0.2, -0.15) is 0 Å². The summed E-state index contributed by atoms with van der Waals surface area (Å²) in [7, 11) is 0. The number of aliphatic carboxylic acids is 1. The topological polar surface area (TPSA) is 83.5 Å². The van der Waals surface area contributed by atoms with Crippen LogP contribution >= 0.6 is 0 Å². The van der Waals surface area contributed by atoms with E-state index in [0.29, 0.717) is 0 Å². The van der Waals surface area contributed by atoms with Gasteiger partial charge in [-0.15, -0.1) is 0 Å². The second-order valence-electron chi connectivity index (χ2n) is 1.50. The van der Waals surface area contributed by atoms with E-state index in [2.05, 4.69) is 0 Å². The van der Waals surface area contributed by atoms with Gasteiger partial charge in [-0.1, -0.05) is 0 Å². The Morgan fingerprint density at radius 2 is 2.33 bits per heavy atom. The first kappa shape index (κ1) is 8.13. The van der Waals surface area contributed by atoms with Crippen molar-refractivity contribution in [1.29, 1.82) is 0 Å². The zero-order valence-corrected chi connectivity index (χ0v) is 4.82. The van der Waals surface area contributed by atoms with Crippen LogP contribution in [0.5, 0.6) is 0 Å². The minimum absolute atomic E-state index is 0.0454. The molecule has 52 valence electrons. The van der Waals surface area contributed by atoms with Crippen LogP contribution in [0.25, 0.3) is 0 Å². The van der Waals surface area contributed by atoms with E-state index in [1.165, 1.54) is 0 Å². The molecule has 4 heteroatoms. The molecule has 0 radical (unpaired) electrons. The van der Waals surface area contributed by atoms with Crippen LogP contribution in [0.3, 0.4) is 0 Å². The van der Waals surface area contributed by atoms with Crippen molar-refractivity contribution in [3.05, 3.63) is 12.2 Å². The summed E-state index contributed by atoms with van der Waals surface area (Å²) in [5.74, 6) is -1.08. The molecule has 1 unspecified atom stereocenters. The van der Waals surface area contributed by atoms with Gasteiger partial charge in [-0.05, 0) is 6.08 Å². The molecular weight excluding hydrogens is 122 g/mol. The molecule has 0 saturated heterocycles. The zero-order chi connectivity index (χ0) is 7.28. The summed E-state index contributed by atoms with van der Waals surface area (Å²) in [6, 6.07) is 0. The SMILES string of the molecule is NCC(O)C=CC(=O)O. The highest BCUT2D eigenvalue weighted by molar-refractivity contribution is 5.79. The lowest BCUT2D eigenvalue weighted by Gasteiger charge is -1.95. The highest BCUT2D eigenvalue weighted by atomic mass is 16.4. The van der Waals surface area contributed by atoms with Crippen LogP contribution in [0.4, 0.5) is 0 Å². The van der Waals surface area contributed by atoms with Crippen molar-refractivity contribution in [1.82, 2.24) is 0 Å². The van der Waals surface area contributed by atoms with Crippen LogP contribution in [0, 0.1) is 0 Å². The van der Waals surface area contributed by atoms with Gasteiger partial charge in [0, 0.05) is 12.6 Å². The summed E-state index contributed by atoms with van der Waals surface area (Å²) in [6.45, 7) is 0.0454. The van der Waals surface area contributed by atoms with E-state index in [9.17, 15) is 4.79 Å². The molecule has 0 aliphatic rings. The number of aliphatic hydroxyl groups excluding tert-OH is 1. The van der Waals surface area contributed by atoms with Gasteiger partial charge in [0.1, 0.15) is 0 Å². The van der Waals surface area contributed by atoms with E-state index in [-0.39, 0.29) is 6.54 Å². The van der Waals surface area contributed by atoms with E-state index < -0.39 is 12.1 Å². The van der Waals surface area contributed by atoms with E-state index in [4.69, 9.17) is 15.9 Å². The molecule has 0 aliphatic carbocycles. The van der Waals surface area contributed by atoms with E-state index >= 15 is 0 Å². The Labute approximate surface area is 52.6 Å². The maximum Gasteiger partial charge on any atom is 0.328 e. The fraction of sp³-hybridized carbons (Fsp3) is 0.400. The normalized spacial score (nSPS) is 14.0. The predicted octanol–water partition coefficient (Wildman–Crippen LogP) is -1.05. The first-order chi connectivity index (χ1) is 4.16. The van der Waals surface area contributed by atoms with Gasteiger partial charge in [0.15, 0.2) is 0 Å². The Kier molecular flexibility index (Phi) is 3.66. The van der Waals surface area contributed by atoms with Crippen molar-refractivity contribution >= 4 is 5.97 Å². The number of rotatable bonds is 3. The van der Waals surface area contributed by atoms with Crippen LogP contribution < -0.4 is 5.73 Å². The number of carboxylic acid groups (broad SMARTS) is 1.